The van der Waals surface area contributed by atoms with Gasteiger partial charge in [0.25, 0.3) is 0 Å². The molecular weight excluding hydrogens is 278 g/mol. The standard InChI is InChI=1S/C17H31N3O2/c1-5-21-12-7-10-18-17(20-15(4)14(2)3)19-11-9-16-8-6-13-22-16/h6,8,13-15H,5,7,9-12H2,1-4H3,(H2,18,19,20). The van der Waals surface area contributed by atoms with Crippen molar-refractivity contribution in [1.82, 2.24) is 10.6 Å². The van der Waals surface area contributed by atoms with Crippen LogP contribution in [0.3, 0.4) is 0 Å². The minimum Gasteiger partial charge on any atom is -0.469 e. The van der Waals surface area contributed by atoms with E-state index >= 15 is 0 Å². The van der Waals surface area contributed by atoms with Crippen molar-refractivity contribution in [2.24, 2.45) is 10.9 Å². The van der Waals surface area contributed by atoms with Crippen molar-refractivity contribution in [3.8, 4) is 0 Å². The summed E-state index contributed by atoms with van der Waals surface area (Å²) in [6.07, 6.45) is 3.49. The molecule has 1 unspecified atom stereocenters. The van der Waals surface area contributed by atoms with Gasteiger partial charge in [0.2, 0.25) is 0 Å². The van der Waals surface area contributed by atoms with E-state index in [-0.39, 0.29) is 0 Å². The number of aliphatic imine (C=N–C) groups is 1. The second-order valence-corrected chi connectivity index (χ2v) is 5.71. The summed E-state index contributed by atoms with van der Waals surface area (Å²) < 4.78 is 10.7. The average Bonchev–Trinajstić information content (AvgIpc) is 2.99. The van der Waals surface area contributed by atoms with Crippen molar-refractivity contribution in [3.63, 3.8) is 0 Å². The van der Waals surface area contributed by atoms with Crippen LogP contribution in [-0.2, 0) is 11.2 Å². The highest BCUT2D eigenvalue weighted by molar-refractivity contribution is 5.80. The van der Waals surface area contributed by atoms with E-state index in [1.165, 1.54) is 0 Å². The van der Waals surface area contributed by atoms with Crippen molar-refractivity contribution in [1.29, 1.82) is 0 Å². The Morgan fingerprint density at radius 1 is 1.36 bits per heavy atom. The predicted molar refractivity (Wildman–Crippen MR) is 91.3 cm³/mol. The zero-order valence-electron chi connectivity index (χ0n) is 14.4. The van der Waals surface area contributed by atoms with Crippen LogP contribution in [-0.4, -0.2) is 38.3 Å². The molecule has 1 atom stereocenters. The number of rotatable bonds is 10. The van der Waals surface area contributed by atoms with Crippen molar-refractivity contribution in [2.75, 3.05) is 26.3 Å². The highest BCUT2D eigenvalue weighted by atomic mass is 16.5. The topological polar surface area (TPSA) is 58.8 Å². The first-order valence-corrected chi connectivity index (χ1v) is 8.28. The number of hydrogen-bond donors (Lipinski definition) is 2. The minimum absolute atomic E-state index is 0.377. The van der Waals surface area contributed by atoms with E-state index in [1.54, 1.807) is 6.26 Å². The molecule has 0 amide bonds. The number of nitrogens with one attached hydrogen (secondary N) is 2. The molecular formula is C17H31N3O2. The van der Waals surface area contributed by atoms with Gasteiger partial charge in [-0.3, -0.25) is 4.99 Å². The first kappa shape index (κ1) is 18.6. The largest absolute Gasteiger partial charge is 0.469 e. The molecule has 1 heterocycles. The van der Waals surface area contributed by atoms with Crippen LogP contribution in [0.15, 0.2) is 27.8 Å². The number of nitrogens with zero attached hydrogens (tertiary/aromatic N) is 1. The second-order valence-electron chi connectivity index (χ2n) is 5.71. The van der Waals surface area contributed by atoms with Crippen LogP contribution in [0.25, 0.3) is 0 Å². The third-order valence-electron chi connectivity index (χ3n) is 3.53. The molecule has 0 radical (unpaired) electrons. The molecule has 0 spiro atoms. The molecule has 126 valence electrons. The Balaban J connectivity index is 2.40. The lowest BCUT2D eigenvalue weighted by atomic mass is 10.1. The Kier molecular flexibility index (Phi) is 9.39. The monoisotopic (exact) mass is 309 g/mol. The van der Waals surface area contributed by atoms with Gasteiger partial charge < -0.3 is 19.8 Å². The molecule has 22 heavy (non-hydrogen) atoms. The first-order valence-electron chi connectivity index (χ1n) is 8.28. The number of ether oxygens (including phenoxy) is 1. The summed E-state index contributed by atoms with van der Waals surface area (Å²) in [5, 5.41) is 6.83. The van der Waals surface area contributed by atoms with Crippen molar-refractivity contribution in [2.45, 2.75) is 46.6 Å². The van der Waals surface area contributed by atoms with Gasteiger partial charge in [-0.15, -0.1) is 0 Å². The minimum atomic E-state index is 0.377. The molecule has 0 bridgehead atoms. The lowest BCUT2D eigenvalue weighted by molar-refractivity contribution is 0.146. The molecule has 5 heteroatoms. The molecule has 1 rings (SSSR count). The third kappa shape index (κ3) is 8.08. The molecule has 1 aromatic rings. The predicted octanol–water partition coefficient (Wildman–Crippen LogP) is 2.83. The number of hydrogen-bond acceptors (Lipinski definition) is 3. The van der Waals surface area contributed by atoms with E-state index in [4.69, 9.17) is 9.15 Å². The van der Waals surface area contributed by atoms with Crippen molar-refractivity contribution >= 4 is 5.96 Å². The van der Waals surface area contributed by atoms with Gasteiger partial charge in [-0.2, -0.15) is 0 Å². The summed E-state index contributed by atoms with van der Waals surface area (Å²) in [6.45, 7) is 11.7. The van der Waals surface area contributed by atoms with Gasteiger partial charge in [0.05, 0.1) is 6.26 Å². The maximum Gasteiger partial charge on any atom is 0.191 e. The first-order chi connectivity index (χ1) is 10.6. The summed E-state index contributed by atoms with van der Waals surface area (Å²) in [5.74, 6) is 2.41. The maximum absolute atomic E-state index is 5.34. The Hall–Kier alpha value is -1.49. The lowest BCUT2D eigenvalue weighted by Crippen LogP contribution is -2.45. The average molecular weight is 309 g/mol. The molecule has 2 N–H and O–H groups in total. The molecule has 0 aliphatic rings. The summed E-state index contributed by atoms with van der Waals surface area (Å²) in [5.41, 5.74) is 0. The highest BCUT2D eigenvalue weighted by Gasteiger charge is 2.09. The Bertz CT molecular complexity index is 402. The molecule has 0 saturated carbocycles. The van der Waals surface area contributed by atoms with E-state index in [2.05, 4.69) is 36.4 Å². The molecule has 5 nitrogen and oxygen atoms in total. The van der Waals surface area contributed by atoms with Crippen LogP contribution < -0.4 is 10.6 Å². The van der Waals surface area contributed by atoms with Crippen molar-refractivity contribution < 1.29 is 9.15 Å². The van der Waals surface area contributed by atoms with Gasteiger partial charge in [-0.05, 0) is 38.3 Å². The van der Waals surface area contributed by atoms with Gasteiger partial charge in [0.15, 0.2) is 5.96 Å². The SMILES string of the molecule is CCOCCCN=C(NCCc1ccco1)NC(C)C(C)C. The number of guanidine groups is 1. The van der Waals surface area contributed by atoms with E-state index < -0.39 is 0 Å². The fourth-order valence-electron chi connectivity index (χ4n) is 1.80. The van der Waals surface area contributed by atoms with E-state index in [9.17, 15) is 0 Å². The normalized spacial score (nSPS) is 13.4. The molecule has 0 fully saturated rings. The van der Waals surface area contributed by atoms with Crippen LogP contribution >= 0.6 is 0 Å². The summed E-state index contributed by atoms with van der Waals surface area (Å²) in [6, 6.07) is 4.28. The van der Waals surface area contributed by atoms with Gasteiger partial charge >= 0.3 is 0 Å². The van der Waals surface area contributed by atoms with Crippen LogP contribution in [0.5, 0.6) is 0 Å². The van der Waals surface area contributed by atoms with Crippen LogP contribution in [0.2, 0.25) is 0 Å². The Morgan fingerprint density at radius 3 is 2.82 bits per heavy atom. The van der Waals surface area contributed by atoms with Crippen LogP contribution in [0.4, 0.5) is 0 Å². The Morgan fingerprint density at radius 2 is 2.18 bits per heavy atom. The van der Waals surface area contributed by atoms with E-state index in [0.717, 1.165) is 50.9 Å². The molecule has 0 saturated heterocycles. The van der Waals surface area contributed by atoms with Gasteiger partial charge in [-0.25, -0.2) is 0 Å². The zero-order chi connectivity index (χ0) is 16.2. The fourth-order valence-corrected chi connectivity index (χ4v) is 1.80. The van der Waals surface area contributed by atoms with Gasteiger partial charge in [0.1, 0.15) is 5.76 Å². The lowest BCUT2D eigenvalue weighted by Gasteiger charge is -2.21. The van der Waals surface area contributed by atoms with Crippen LogP contribution in [0.1, 0.15) is 39.9 Å². The summed E-state index contributed by atoms with van der Waals surface area (Å²) in [4.78, 5) is 4.62. The molecule has 0 aliphatic carbocycles. The molecule has 1 aromatic heterocycles. The Labute approximate surface area is 134 Å². The third-order valence-corrected chi connectivity index (χ3v) is 3.53. The maximum atomic E-state index is 5.34. The van der Waals surface area contributed by atoms with E-state index in [0.29, 0.717) is 12.0 Å². The van der Waals surface area contributed by atoms with E-state index in [1.807, 2.05) is 19.1 Å². The summed E-state index contributed by atoms with van der Waals surface area (Å²) in [7, 11) is 0. The zero-order valence-corrected chi connectivity index (χ0v) is 14.4. The van der Waals surface area contributed by atoms with Crippen molar-refractivity contribution in [3.05, 3.63) is 24.2 Å². The quantitative estimate of drug-likeness (QED) is 0.396. The van der Waals surface area contributed by atoms with Crippen LogP contribution in [0, 0.1) is 5.92 Å². The fraction of sp³-hybridized carbons (Fsp3) is 0.706. The molecule has 0 aliphatic heterocycles. The number of furan rings is 1. The van der Waals surface area contributed by atoms with Gasteiger partial charge in [0, 0.05) is 38.8 Å². The van der Waals surface area contributed by atoms with Gasteiger partial charge in [-0.1, -0.05) is 13.8 Å². The summed E-state index contributed by atoms with van der Waals surface area (Å²) >= 11 is 0. The highest BCUT2D eigenvalue weighted by Crippen LogP contribution is 2.01. The molecule has 0 aromatic carbocycles. The smallest absolute Gasteiger partial charge is 0.191 e. The second kappa shape index (κ2) is 11.1.